The van der Waals surface area contributed by atoms with Crippen molar-refractivity contribution < 1.29 is 4.79 Å². The molecule has 2 aromatic heterocycles. The van der Waals surface area contributed by atoms with Gasteiger partial charge in [-0.1, -0.05) is 28.1 Å². The average molecular weight is 462 g/mol. The van der Waals surface area contributed by atoms with Gasteiger partial charge in [0.15, 0.2) is 0 Å². The summed E-state index contributed by atoms with van der Waals surface area (Å²) in [5.41, 5.74) is 6.05. The van der Waals surface area contributed by atoms with E-state index in [1.54, 1.807) is 6.20 Å². The number of nitrogens with one attached hydrogen (secondary N) is 3. The van der Waals surface area contributed by atoms with Crippen LogP contribution in [0.3, 0.4) is 0 Å². The van der Waals surface area contributed by atoms with Gasteiger partial charge in [-0.25, -0.2) is 9.78 Å². The molecular weight excluding hydrogens is 442 g/mol. The van der Waals surface area contributed by atoms with Gasteiger partial charge in [-0.3, -0.25) is 0 Å². The van der Waals surface area contributed by atoms with Gasteiger partial charge >= 0.3 is 6.03 Å². The molecule has 0 aliphatic carbocycles. The zero-order chi connectivity index (χ0) is 20.5. The van der Waals surface area contributed by atoms with Crippen LogP contribution in [0.4, 0.5) is 21.9 Å². The molecule has 0 spiro atoms. The molecule has 0 saturated heterocycles. The van der Waals surface area contributed by atoms with E-state index in [1.165, 1.54) is 11.1 Å². The molecule has 0 unspecified atom stereocenters. The zero-order valence-electron chi connectivity index (χ0n) is 16.2. The minimum absolute atomic E-state index is 0.248. The van der Waals surface area contributed by atoms with E-state index in [9.17, 15) is 4.79 Å². The molecule has 3 heterocycles. The van der Waals surface area contributed by atoms with Crippen molar-refractivity contribution in [3.05, 3.63) is 82.6 Å². The number of pyridine rings is 1. The number of carbonyl (C=O) groups excluding carboxylic acids is 1. The Hall–Kier alpha value is -3.32. The first-order valence-corrected chi connectivity index (χ1v) is 10.6. The lowest BCUT2D eigenvalue weighted by atomic mass is 10.1. The molecular formula is C23H20BrN5O. The standard InChI is InChI=1S/C23H20BrN5O/c24-16-4-1-5-17(12-16)27-23(30)28-20-7-2-8-21-19(20)9-11-29(21)14-15-13-26-22-18(15)6-3-10-25-22/h1-8,10,12-13H,9,11,14H2,(H,25,26)(H2,27,28,30). The number of carbonyl (C=O) groups is 1. The first-order valence-electron chi connectivity index (χ1n) is 9.79. The molecule has 6 nitrogen and oxygen atoms in total. The third-order valence-electron chi connectivity index (χ3n) is 5.35. The molecule has 7 heteroatoms. The quantitative estimate of drug-likeness (QED) is 0.373. The van der Waals surface area contributed by atoms with Gasteiger partial charge in [0.25, 0.3) is 0 Å². The zero-order valence-corrected chi connectivity index (χ0v) is 17.7. The molecule has 5 rings (SSSR count). The van der Waals surface area contributed by atoms with Crippen LogP contribution in [0.15, 0.2) is 71.5 Å². The summed E-state index contributed by atoms with van der Waals surface area (Å²) in [6.45, 7) is 1.71. The van der Waals surface area contributed by atoms with E-state index < -0.39 is 0 Å². The molecule has 0 atom stereocenters. The summed E-state index contributed by atoms with van der Waals surface area (Å²) in [5.74, 6) is 0. The number of urea groups is 1. The number of halogens is 1. The van der Waals surface area contributed by atoms with Gasteiger partial charge < -0.3 is 20.5 Å². The fourth-order valence-electron chi connectivity index (χ4n) is 3.98. The van der Waals surface area contributed by atoms with E-state index in [1.807, 2.05) is 48.7 Å². The predicted molar refractivity (Wildman–Crippen MR) is 124 cm³/mol. The summed E-state index contributed by atoms with van der Waals surface area (Å²) >= 11 is 3.42. The van der Waals surface area contributed by atoms with E-state index in [4.69, 9.17) is 0 Å². The lowest BCUT2D eigenvalue weighted by molar-refractivity contribution is 0.262. The number of fused-ring (bicyclic) bond motifs is 2. The summed E-state index contributed by atoms with van der Waals surface area (Å²) in [6, 6.07) is 17.4. The topological polar surface area (TPSA) is 73.1 Å². The molecule has 0 fully saturated rings. The molecule has 2 aromatic carbocycles. The Morgan fingerprint density at radius 1 is 1.13 bits per heavy atom. The second kappa shape index (κ2) is 7.84. The summed E-state index contributed by atoms with van der Waals surface area (Å²) in [7, 11) is 0. The molecule has 0 saturated carbocycles. The van der Waals surface area contributed by atoms with Crippen LogP contribution in [0.25, 0.3) is 11.0 Å². The Labute approximate surface area is 182 Å². The van der Waals surface area contributed by atoms with Crippen LogP contribution in [0.1, 0.15) is 11.1 Å². The van der Waals surface area contributed by atoms with Crippen LogP contribution in [0, 0.1) is 0 Å². The Morgan fingerprint density at radius 3 is 2.93 bits per heavy atom. The maximum Gasteiger partial charge on any atom is 0.323 e. The highest BCUT2D eigenvalue weighted by Gasteiger charge is 2.23. The van der Waals surface area contributed by atoms with Gasteiger partial charge in [0.1, 0.15) is 5.65 Å². The highest BCUT2D eigenvalue weighted by molar-refractivity contribution is 9.10. The lowest BCUT2D eigenvalue weighted by Crippen LogP contribution is -2.20. The molecule has 1 aliphatic rings. The van der Waals surface area contributed by atoms with Crippen molar-refractivity contribution in [1.29, 1.82) is 0 Å². The Balaban J connectivity index is 1.34. The normalized spacial score (nSPS) is 12.8. The smallest absolute Gasteiger partial charge is 0.323 e. The lowest BCUT2D eigenvalue weighted by Gasteiger charge is -2.19. The second-order valence-corrected chi connectivity index (χ2v) is 8.19. The number of aromatic amines is 1. The third kappa shape index (κ3) is 3.64. The molecule has 30 heavy (non-hydrogen) atoms. The maximum absolute atomic E-state index is 12.5. The van der Waals surface area contributed by atoms with Crippen molar-refractivity contribution in [1.82, 2.24) is 9.97 Å². The second-order valence-electron chi connectivity index (χ2n) is 7.28. The highest BCUT2D eigenvalue weighted by Crippen LogP contribution is 2.35. The van der Waals surface area contributed by atoms with Crippen molar-refractivity contribution in [3.63, 3.8) is 0 Å². The van der Waals surface area contributed by atoms with Gasteiger partial charge in [0.2, 0.25) is 0 Å². The Morgan fingerprint density at radius 2 is 2.03 bits per heavy atom. The van der Waals surface area contributed by atoms with Gasteiger partial charge in [0.05, 0.1) is 0 Å². The van der Waals surface area contributed by atoms with Crippen LogP contribution in [-0.2, 0) is 13.0 Å². The van der Waals surface area contributed by atoms with Gasteiger partial charge in [0, 0.05) is 58.0 Å². The van der Waals surface area contributed by atoms with Crippen LogP contribution >= 0.6 is 15.9 Å². The van der Waals surface area contributed by atoms with Crippen LogP contribution in [0.5, 0.6) is 0 Å². The highest BCUT2D eigenvalue weighted by atomic mass is 79.9. The van der Waals surface area contributed by atoms with Crippen LogP contribution in [-0.4, -0.2) is 22.5 Å². The summed E-state index contributed by atoms with van der Waals surface area (Å²) in [6.07, 6.45) is 4.72. The van der Waals surface area contributed by atoms with Gasteiger partial charge in [-0.2, -0.15) is 0 Å². The molecule has 0 bridgehead atoms. The SMILES string of the molecule is O=C(Nc1cccc(Br)c1)Nc1cccc2c1CCN2Cc1c[nH]c2ncccc12. The predicted octanol–water partition coefficient (Wildman–Crippen LogP) is 5.53. The van der Waals surface area contributed by atoms with Crippen LogP contribution in [0.2, 0.25) is 0 Å². The summed E-state index contributed by atoms with van der Waals surface area (Å²) in [5, 5.41) is 7.04. The van der Waals surface area contributed by atoms with E-state index in [0.717, 1.165) is 52.1 Å². The maximum atomic E-state index is 12.5. The number of benzene rings is 2. The van der Waals surface area contributed by atoms with E-state index in [0.29, 0.717) is 0 Å². The fourth-order valence-corrected chi connectivity index (χ4v) is 4.38. The monoisotopic (exact) mass is 461 g/mol. The molecule has 1 aliphatic heterocycles. The van der Waals surface area contributed by atoms with E-state index in [2.05, 4.69) is 53.6 Å². The first kappa shape index (κ1) is 18.7. The number of H-pyrrole nitrogens is 1. The first-order chi connectivity index (χ1) is 14.7. The minimum atomic E-state index is -0.248. The van der Waals surface area contributed by atoms with Crippen molar-refractivity contribution in [2.45, 2.75) is 13.0 Å². The molecule has 3 N–H and O–H groups in total. The summed E-state index contributed by atoms with van der Waals surface area (Å²) in [4.78, 5) is 22.5. The molecule has 4 aromatic rings. The summed E-state index contributed by atoms with van der Waals surface area (Å²) < 4.78 is 0.920. The van der Waals surface area contributed by atoms with Crippen molar-refractivity contribution >= 4 is 50.1 Å². The molecule has 150 valence electrons. The Kier molecular flexibility index (Phi) is 4.88. The molecule has 2 amide bonds. The molecule has 0 radical (unpaired) electrons. The number of amides is 2. The van der Waals surface area contributed by atoms with Crippen molar-refractivity contribution in [2.24, 2.45) is 0 Å². The largest absolute Gasteiger partial charge is 0.367 e. The van der Waals surface area contributed by atoms with E-state index in [-0.39, 0.29) is 6.03 Å². The number of anilines is 3. The van der Waals surface area contributed by atoms with E-state index >= 15 is 0 Å². The number of aromatic nitrogens is 2. The Bertz CT molecular complexity index is 1240. The number of hydrogen-bond acceptors (Lipinski definition) is 3. The number of rotatable bonds is 4. The van der Waals surface area contributed by atoms with Crippen molar-refractivity contribution in [2.75, 3.05) is 22.1 Å². The van der Waals surface area contributed by atoms with Gasteiger partial charge in [-0.15, -0.1) is 0 Å². The van der Waals surface area contributed by atoms with Crippen molar-refractivity contribution in [3.8, 4) is 0 Å². The third-order valence-corrected chi connectivity index (χ3v) is 5.85. The van der Waals surface area contributed by atoms with Crippen LogP contribution < -0.4 is 15.5 Å². The van der Waals surface area contributed by atoms with Gasteiger partial charge in [-0.05, 0) is 54.4 Å². The number of nitrogens with zero attached hydrogens (tertiary/aromatic N) is 2. The number of hydrogen-bond donors (Lipinski definition) is 3. The fraction of sp³-hybridized carbons (Fsp3) is 0.130. The average Bonchev–Trinajstić information content (AvgIpc) is 3.34. The minimum Gasteiger partial charge on any atom is -0.367 e.